The Morgan fingerprint density at radius 3 is 3.00 bits per heavy atom. The molecular formula is C10H11ClN4S. The number of thiophene rings is 1. The fraction of sp³-hybridized carbons (Fsp3) is 0.200. The van der Waals surface area contributed by atoms with Crippen LogP contribution in [0, 0.1) is 0 Å². The maximum absolute atomic E-state index is 5.76. The van der Waals surface area contributed by atoms with Gasteiger partial charge in [0.1, 0.15) is 11.0 Å². The lowest BCUT2D eigenvalue weighted by molar-refractivity contribution is 1.01. The first kappa shape index (κ1) is 11.2. The van der Waals surface area contributed by atoms with E-state index in [1.807, 2.05) is 0 Å². The minimum Gasteiger partial charge on any atom is -0.370 e. The maximum atomic E-state index is 5.76. The first-order chi connectivity index (χ1) is 7.74. The number of rotatable bonds is 4. The van der Waals surface area contributed by atoms with Crippen LogP contribution in [0.25, 0.3) is 0 Å². The van der Waals surface area contributed by atoms with Gasteiger partial charge in [0, 0.05) is 12.6 Å². The number of anilines is 2. The average Bonchev–Trinajstić information content (AvgIpc) is 2.69. The highest BCUT2D eigenvalue weighted by Crippen LogP contribution is 2.13. The van der Waals surface area contributed by atoms with Crippen molar-refractivity contribution in [2.24, 2.45) is 0 Å². The highest BCUT2D eigenvalue weighted by atomic mass is 35.5. The quantitative estimate of drug-likeness (QED) is 0.823. The van der Waals surface area contributed by atoms with Gasteiger partial charge in [-0.1, -0.05) is 11.6 Å². The average molecular weight is 255 g/mol. The van der Waals surface area contributed by atoms with E-state index < -0.39 is 0 Å². The minimum absolute atomic E-state index is 0.186. The van der Waals surface area contributed by atoms with Crippen LogP contribution in [0.15, 0.2) is 22.9 Å². The number of hydrogen-bond acceptors (Lipinski definition) is 5. The summed E-state index contributed by atoms with van der Waals surface area (Å²) in [5.74, 6) is 0.846. The van der Waals surface area contributed by atoms with Crippen molar-refractivity contribution in [2.45, 2.75) is 6.42 Å². The molecule has 0 fully saturated rings. The molecule has 0 aromatic carbocycles. The number of nitrogen functional groups attached to an aromatic ring is 1. The summed E-state index contributed by atoms with van der Waals surface area (Å²) in [5.41, 5.74) is 6.79. The molecule has 6 heteroatoms. The van der Waals surface area contributed by atoms with Crippen molar-refractivity contribution < 1.29 is 0 Å². The van der Waals surface area contributed by atoms with Gasteiger partial charge in [0.2, 0.25) is 5.95 Å². The van der Waals surface area contributed by atoms with Crippen molar-refractivity contribution >= 4 is 34.7 Å². The summed E-state index contributed by atoms with van der Waals surface area (Å²) in [4.78, 5) is 7.81. The van der Waals surface area contributed by atoms with Gasteiger partial charge >= 0.3 is 0 Å². The summed E-state index contributed by atoms with van der Waals surface area (Å²) < 4.78 is 0. The van der Waals surface area contributed by atoms with Crippen LogP contribution in [0.5, 0.6) is 0 Å². The van der Waals surface area contributed by atoms with Crippen molar-refractivity contribution in [1.29, 1.82) is 0 Å². The first-order valence-electron chi connectivity index (χ1n) is 4.79. The van der Waals surface area contributed by atoms with E-state index in [9.17, 15) is 0 Å². The molecule has 0 amide bonds. The number of halogens is 1. The van der Waals surface area contributed by atoms with E-state index in [4.69, 9.17) is 17.3 Å². The lowest BCUT2D eigenvalue weighted by Crippen LogP contribution is -2.07. The number of nitrogens with two attached hydrogens (primary N) is 1. The van der Waals surface area contributed by atoms with Crippen molar-refractivity contribution in [3.63, 3.8) is 0 Å². The van der Waals surface area contributed by atoms with Crippen LogP contribution in [0.3, 0.4) is 0 Å². The second-order valence-corrected chi connectivity index (χ2v) is 4.41. The van der Waals surface area contributed by atoms with Gasteiger partial charge in [-0.15, -0.1) is 0 Å². The standard InChI is InChI=1S/C10H11ClN4S/c11-8-5-9(15-10(12)14-8)13-3-1-7-2-4-16-6-7/h2,4-6H,1,3H2,(H3,12,13,14,15). The third-order valence-electron chi connectivity index (χ3n) is 2.01. The van der Waals surface area contributed by atoms with Crippen molar-refractivity contribution in [1.82, 2.24) is 9.97 Å². The van der Waals surface area contributed by atoms with Gasteiger partial charge < -0.3 is 11.1 Å². The van der Waals surface area contributed by atoms with Gasteiger partial charge in [-0.2, -0.15) is 16.3 Å². The summed E-state index contributed by atoms with van der Waals surface area (Å²) in [6.45, 7) is 0.795. The van der Waals surface area contributed by atoms with Crippen LogP contribution in [0.1, 0.15) is 5.56 Å². The summed E-state index contributed by atoms with van der Waals surface area (Å²) in [5, 5.41) is 7.70. The Morgan fingerprint density at radius 2 is 2.31 bits per heavy atom. The van der Waals surface area contributed by atoms with Gasteiger partial charge in [-0.25, -0.2) is 4.98 Å². The van der Waals surface area contributed by atoms with Gasteiger partial charge in [0.05, 0.1) is 0 Å². The highest BCUT2D eigenvalue weighted by Gasteiger charge is 2.00. The van der Waals surface area contributed by atoms with E-state index >= 15 is 0 Å². The Bertz CT molecular complexity index is 438. The summed E-state index contributed by atoms with van der Waals surface area (Å²) in [6.07, 6.45) is 0.949. The lowest BCUT2D eigenvalue weighted by atomic mass is 10.2. The van der Waals surface area contributed by atoms with Crippen LogP contribution in [-0.2, 0) is 6.42 Å². The molecule has 0 aliphatic heterocycles. The van der Waals surface area contributed by atoms with Gasteiger partial charge in [0.25, 0.3) is 0 Å². The SMILES string of the molecule is Nc1nc(Cl)cc(NCCc2ccsc2)n1. The van der Waals surface area contributed by atoms with Crippen molar-refractivity contribution in [3.8, 4) is 0 Å². The molecule has 2 rings (SSSR count). The Morgan fingerprint density at radius 1 is 1.44 bits per heavy atom. The third-order valence-corrected chi connectivity index (χ3v) is 2.94. The molecule has 84 valence electrons. The Hall–Kier alpha value is -1.33. The van der Waals surface area contributed by atoms with E-state index in [-0.39, 0.29) is 5.95 Å². The van der Waals surface area contributed by atoms with Crippen LogP contribution < -0.4 is 11.1 Å². The molecule has 0 spiro atoms. The van der Waals surface area contributed by atoms with Crippen LogP contribution >= 0.6 is 22.9 Å². The van der Waals surface area contributed by atoms with Gasteiger partial charge in [-0.3, -0.25) is 0 Å². The first-order valence-corrected chi connectivity index (χ1v) is 6.11. The van der Waals surface area contributed by atoms with Crippen molar-refractivity contribution in [3.05, 3.63) is 33.6 Å². The maximum Gasteiger partial charge on any atom is 0.223 e. The predicted molar refractivity (Wildman–Crippen MR) is 68.0 cm³/mol. The summed E-state index contributed by atoms with van der Waals surface area (Å²) in [7, 11) is 0. The Balaban J connectivity index is 1.89. The Kier molecular flexibility index (Phi) is 3.58. The summed E-state index contributed by atoms with van der Waals surface area (Å²) >= 11 is 7.46. The zero-order valence-electron chi connectivity index (χ0n) is 8.48. The smallest absolute Gasteiger partial charge is 0.223 e. The molecule has 0 atom stereocenters. The third kappa shape index (κ3) is 3.08. The molecule has 0 aliphatic rings. The second-order valence-electron chi connectivity index (χ2n) is 3.24. The fourth-order valence-electron chi connectivity index (χ4n) is 1.30. The van der Waals surface area contributed by atoms with E-state index in [1.54, 1.807) is 17.4 Å². The zero-order valence-corrected chi connectivity index (χ0v) is 10.1. The molecule has 3 N–H and O–H groups in total. The molecule has 2 aromatic heterocycles. The van der Waals surface area contributed by atoms with E-state index in [2.05, 4.69) is 32.1 Å². The molecule has 16 heavy (non-hydrogen) atoms. The van der Waals surface area contributed by atoms with Crippen LogP contribution in [0.4, 0.5) is 11.8 Å². The molecule has 0 radical (unpaired) electrons. The Labute approximate surface area is 102 Å². The highest BCUT2D eigenvalue weighted by molar-refractivity contribution is 7.07. The molecular weight excluding hydrogens is 244 g/mol. The van der Waals surface area contributed by atoms with E-state index in [0.717, 1.165) is 13.0 Å². The lowest BCUT2D eigenvalue weighted by Gasteiger charge is -2.05. The number of aromatic nitrogens is 2. The van der Waals surface area contributed by atoms with Gasteiger partial charge in [-0.05, 0) is 28.8 Å². The number of nitrogens with one attached hydrogen (secondary N) is 1. The second kappa shape index (κ2) is 5.14. The number of nitrogens with zero attached hydrogens (tertiary/aromatic N) is 2. The van der Waals surface area contributed by atoms with E-state index in [1.165, 1.54) is 5.56 Å². The minimum atomic E-state index is 0.186. The normalized spacial score (nSPS) is 10.3. The molecule has 4 nitrogen and oxygen atoms in total. The monoisotopic (exact) mass is 254 g/mol. The largest absolute Gasteiger partial charge is 0.370 e. The van der Waals surface area contributed by atoms with Crippen LogP contribution in [0.2, 0.25) is 5.15 Å². The van der Waals surface area contributed by atoms with E-state index in [0.29, 0.717) is 11.0 Å². The molecule has 0 saturated heterocycles. The van der Waals surface area contributed by atoms with Crippen molar-refractivity contribution in [2.75, 3.05) is 17.6 Å². The molecule has 0 aliphatic carbocycles. The van der Waals surface area contributed by atoms with Gasteiger partial charge in [0.15, 0.2) is 0 Å². The topological polar surface area (TPSA) is 63.8 Å². The molecule has 0 unspecified atom stereocenters. The predicted octanol–water partition coefficient (Wildman–Crippen LogP) is 2.43. The molecule has 0 saturated carbocycles. The van der Waals surface area contributed by atoms with Crippen LogP contribution in [-0.4, -0.2) is 16.5 Å². The molecule has 2 heterocycles. The molecule has 2 aromatic rings. The zero-order chi connectivity index (χ0) is 11.4. The molecule has 0 bridgehead atoms. The fourth-order valence-corrected chi connectivity index (χ4v) is 2.19. The summed E-state index contributed by atoms with van der Waals surface area (Å²) in [6, 6.07) is 3.76. The number of hydrogen-bond donors (Lipinski definition) is 2.